The van der Waals surface area contributed by atoms with Gasteiger partial charge in [-0.05, 0) is 42.0 Å². The Kier molecular flexibility index (Phi) is 4.98. The zero-order valence-corrected chi connectivity index (χ0v) is 17.7. The van der Waals surface area contributed by atoms with Gasteiger partial charge in [0.2, 0.25) is 0 Å². The number of piperazine rings is 1. The Labute approximate surface area is 182 Å². The molecule has 2 fully saturated rings. The summed E-state index contributed by atoms with van der Waals surface area (Å²) in [6, 6.07) is 27.6. The molecule has 3 aromatic rings. The fraction of sp³-hybridized carbons (Fsp3) is 0.269. The van der Waals surface area contributed by atoms with Crippen LogP contribution < -0.4 is 9.80 Å². The third kappa shape index (κ3) is 3.01. The van der Waals surface area contributed by atoms with E-state index in [1.54, 1.807) is 0 Å². The minimum atomic E-state index is -0.0140. The standard InChI is InChI=1S/C26H26ClN2O/c27-23-10-8-21(9-11-23)25-18-26(25,22-4-2-1-3-5-22)29(16-14-28-15-17-29)24-12-6-20(19-30)7-13-24/h1-13,19,25,28H,14-18H2/q+1. The molecule has 1 saturated carbocycles. The van der Waals surface area contributed by atoms with E-state index in [0.717, 1.165) is 54.0 Å². The van der Waals surface area contributed by atoms with Crippen molar-refractivity contribution in [1.29, 1.82) is 0 Å². The molecule has 0 spiro atoms. The van der Waals surface area contributed by atoms with Gasteiger partial charge in [0.1, 0.15) is 17.5 Å². The van der Waals surface area contributed by atoms with Crippen LogP contribution in [0.15, 0.2) is 78.9 Å². The van der Waals surface area contributed by atoms with E-state index in [1.807, 2.05) is 24.3 Å². The van der Waals surface area contributed by atoms with Crippen LogP contribution in [-0.4, -0.2) is 32.5 Å². The first-order valence-corrected chi connectivity index (χ1v) is 11.0. The Balaban J connectivity index is 1.68. The van der Waals surface area contributed by atoms with Crippen molar-refractivity contribution in [2.24, 2.45) is 0 Å². The molecule has 2 unspecified atom stereocenters. The highest BCUT2D eigenvalue weighted by molar-refractivity contribution is 6.30. The number of carbonyl (C=O) groups excluding carboxylic acids is 1. The van der Waals surface area contributed by atoms with E-state index < -0.39 is 0 Å². The maximum atomic E-state index is 11.2. The number of halogens is 1. The molecule has 0 aromatic heterocycles. The number of carbonyl (C=O) groups is 1. The Hall–Kier alpha value is -2.46. The van der Waals surface area contributed by atoms with Gasteiger partial charge in [0.25, 0.3) is 0 Å². The molecule has 2 atom stereocenters. The SMILES string of the molecule is O=Cc1ccc([N+]2(C3(c4ccccc4)CC3c3ccc(Cl)cc3)CCNCC2)cc1. The van der Waals surface area contributed by atoms with E-state index in [9.17, 15) is 4.79 Å². The lowest BCUT2D eigenvalue weighted by atomic mass is 9.92. The number of hydrogen-bond donors (Lipinski definition) is 1. The molecule has 4 heteroatoms. The molecular formula is C26H26ClN2O+. The average Bonchev–Trinajstić information content (AvgIpc) is 3.58. The molecule has 152 valence electrons. The van der Waals surface area contributed by atoms with Crippen LogP contribution >= 0.6 is 11.6 Å². The van der Waals surface area contributed by atoms with Gasteiger partial charge in [-0.2, -0.15) is 0 Å². The van der Waals surface area contributed by atoms with Crippen LogP contribution in [0.25, 0.3) is 0 Å². The minimum absolute atomic E-state index is 0.0140. The molecule has 0 radical (unpaired) electrons. The summed E-state index contributed by atoms with van der Waals surface area (Å²) in [5.74, 6) is 0.431. The molecule has 0 bridgehead atoms. The van der Waals surface area contributed by atoms with Crippen molar-refractivity contribution in [2.75, 3.05) is 26.2 Å². The second-order valence-electron chi connectivity index (χ2n) is 8.47. The maximum Gasteiger partial charge on any atom is 0.150 e. The minimum Gasteiger partial charge on any atom is -0.306 e. The molecule has 0 amide bonds. The fourth-order valence-electron chi connectivity index (χ4n) is 5.61. The van der Waals surface area contributed by atoms with Gasteiger partial charge in [0, 0.05) is 35.7 Å². The molecule has 5 rings (SSSR count). The second-order valence-corrected chi connectivity index (χ2v) is 8.91. The third-order valence-electron chi connectivity index (χ3n) is 7.11. The van der Waals surface area contributed by atoms with E-state index in [2.05, 4.69) is 59.9 Å². The first-order valence-electron chi connectivity index (χ1n) is 10.6. The number of quaternary nitrogens is 1. The molecule has 1 aliphatic heterocycles. The van der Waals surface area contributed by atoms with Crippen LogP contribution in [0.1, 0.15) is 33.8 Å². The van der Waals surface area contributed by atoms with Crippen molar-refractivity contribution in [3.8, 4) is 0 Å². The number of nitrogens with zero attached hydrogens (tertiary/aromatic N) is 1. The number of rotatable bonds is 5. The summed E-state index contributed by atoms with van der Waals surface area (Å²) in [4.78, 5) is 11.2. The molecule has 1 heterocycles. The lowest BCUT2D eigenvalue weighted by molar-refractivity contribution is 0.112. The van der Waals surface area contributed by atoms with Crippen molar-refractivity contribution >= 4 is 23.6 Å². The third-order valence-corrected chi connectivity index (χ3v) is 7.36. The molecule has 1 saturated heterocycles. The van der Waals surface area contributed by atoms with E-state index in [-0.39, 0.29) is 5.54 Å². The molecule has 3 nitrogen and oxygen atoms in total. The number of aldehydes is 1. The Morgan fingerprint density at radius 1 is 0.900 bits per heavy atom. The quantitative estimate of drug-likeness (QED) is 0.459. The van der Waals surface area contributed by atoms with Gasteiger partial charge >= 0.3 is 0 Å². The summed E-state index contributed by atoms with van der Waals surface area (Å²) >= 11 is 6.18. The van der Waals surface area contributed by atoms with Crippen LogP contribution in [0.2, 0.25) is 5.02 Å². The van der Waals surface area contributed by atoms with Gasteiger partial charge in [-0.3, -0.25) is 9.28 Å². The van der Waals surface area contributed by atoms with Crippen LogP contribution in [0.5, 0.6) is 0 Å². The smallest absolute Gasteiger partial charge is 0.150 e. The van der Waals surface area contributed by atoms with Crippen LogP contribution in [0, 0.1) is 0 Å². The van der Waals surface area contributed by atoms with E-state index >= 15 is 0 Å². The number of benzene rings is 3. The Morgan fingerprint density at radius 2 is 1.57 bits per heavy atom. The predicted molar refractivity (Wildman–Crippen MR) is 123 cm³/mol. The monoisotopic (exact) mass is 417 g/mol. The summed E-state index contributed by atoms with van der Waals surface area (Å²) in [5, 5.41) is 4.33. The first-order chi connectivity index (χ1) is 14.7. The van der Waals surface area contributed by atoms with Crippen molar-refractivity contribution in [1.82, 2.24) is 9.80 Å². The molecule has 2 aliphatic rings. The van der Waals surface area contributed by atoms with Gasteiger partial charge in [-0.1, -0.05) is 54.1 Å². The van der Waals surface area contributed by atoms with Gasteiger partial charge in [0.15, 0.2) is 0 Å². The Bertz CT molecular complexity index is 1030. The lowest BCUT2D eigenvalue weighted by Crippen LogP contribution is -2.65. The highest BCUT2D eigenvalue weighted by Gasteiger charge is 2.70. The predicted octanol–water partition coefficient (Wildman–Crippen LogP) is 5.15. The van der Waals surface area contributed by atoms with Gasteiger partial charge in [-0.25, -0.2) is 0 Å². The van der Waals surface area contributed by atoms with Gasteiger partial charge in [0.05, 0.1) is 19.0 Å². The normalized spacial score (nSPS) is 24.9. The van der Waals surface area contributed by atoms with E-state index in [0.29, 0.717) is 5.92 Å². The highest BCUT2D eigenvalue weighted by atomic mass is 35.5. The first kappa shape index (κ1) is 19.5. The van der Waals surface area contributed by atoms with E-state index in [1.165, 1.54) is 16.8 Å². The van der Waals surface area contributed by atoms with Gasteiger partial charge in [-0.15, -0.1) is 0 Å². The van der Waals surface area contributed by atoms with Crippen molar-refractivity contribution in [2.45, 2.75) is 17.9 Å². The largest absolute Gasteiger partial charge is 0.306 e. The van der Waals surface area contributed by atoms with E-state index in [4.69, 9.17) is 11.6 Å². The van der Waals surface area contributed by atoms with Gasteiger partial charge < -0.3 is 5.32 Å². The zero-order chi connectivity index (χ0) is 20.6. The number of nitrogens with one attached hydrogen (secondary N) is 1. The fourth-order valence-corrected chi connectivity index (χ4v) is 5.74. The van der Waals surface area contributed by atoms with Crippen LogP contribution in [-0.2, 0) is 5.54 Å². The van der Waals surface area contributed by atoms with Crippen molar-refractivity contribution in [3.05, 3.63) is 101 Å². The summed E-state index contributed by atoms with van der Waals surface area (Å²) in [7, 11) is 0. The lowest BCUT2D eigenvalue weighted by Gasteiger charge is -2.48. The zero-order valence-electron chi connectivity index (χ0n) is 16.9. The molecule has 1 aliphatic carbocycles. The topological polar surface area (TPSA) is 29.1 Å². The molecule has 30 heavy (non-hydrogen) atoms. The second kappa shape index (κ2) is 7.66. The van der Waals surface area contributed by atoms with Crippen LogP contribution in [0.3, 0.4) is 0 Å². The highest BCUT2D eigenvalue weighted by Crippen LogP contribution is 2.66. The maximum absolute atomic E-state index is 11.2. The number of hydrogen-bond acceptors (Lipinski definition) is 2. The average molecular weight is 418 g/mol. The Morgan fingerprint density at radius 3 is 2.20 bits per heavy atom. The van der Waals surface area contributed by atoms with Crippen LogP contribution in [0.4, 0.5) is 5.69 Å². The summed E-state index contributed by atoms with van der Waals surface area (Å²) in [6.45, 7) is 4.02. The summed E-state index contributed by atoms with van der Waals surface area (Å²) in [6.07, 6.45) is 2.03. The molecular weight excluding hydrogens is 392 g/mol. The molecule has 3 aromatic carbocycles. The summed E-state index contributed by atoms with van der Waals surface area (Å²) < 4.78 is 0.913. The van der Waals surface area contributed by atoms with Crippen molar-refractivity contribution < 1.29 is 4.79 Å². The molecule has 1 N–H and O–H groups in total. The van der Waals surface area contributed by atoms with Crippen molar-refractivity contribution in [3.63, 3.8) is 0 Å². The summed E-state index contributed by atoms with van der Waals surface area (Å²) in [5.41, 5.74) is 4.75.